The highest BCUT2D eigenvalue weighted by Crippen LogP contribution is 2.16. The van der Waals surface area contributed by atoms with Gasteiger partial charge in [-0.2, -0.15) is 0 Å². The molecular weight excluding hydrogens is 178 g/mol. The highest BCUT2D eigenvalue weighted by Gasteiger charge is 2.32. The summed E-state index contributed by atoms with van der Waals surface area (Å²) in [6.07, 6.45) is 0. The van der Waals surface area contributed by atoms with Crippen molar-refractivity contribution in [1.82, 2.24) is 15.5 Å². The van der Waals surface area contributed by atoms with Gasteiger partial charge in [0, 0.05) is 19.6 Å². The molecule has 0 aromatic rings. The quantitative estimate of drug-likeness (QED) is 0.613. The number of nitrogens with one attached hydrogen (secondary N) is 2. The Bertz CT molecular complexity index is 225. The molecule has 0 aromatic carbocycles. The van der Waals surface area contributed by atoms with Crippen molar-refractivity contribution in [3.05, 3.63) is 0 Å². The summed E-state index contributed by atoms with van der Waals surface area (Å²) < 4.78 is 0. The average Bonchev–Trinajstić information content (AvgIpc) is 2.48. The number of carbonyl (C=O) groups excluding carboxylic acids is 1. The second kappa shape index (κ2) is 3.87. The van der Waals surface area contributed by atoms with Gasteiger partial charge in [0.15, 0.2) is 0 Å². The number of rotatable bonds is 2. The van der Waals surface area contributed by atoms with Crippen molar-refractivity contribution in [1.29, 1.82) is 0 Å². The zero-order valence-electron chi connectivity index (χ0n) is 8.92. The first-order valence-corrected chi connectivity index (χ1v) is 5.36. The summed E-state index contributed by atoms with van der Waals surface area (Å²) in [6.45, 7) is 5.95. The third-order valence-corrected chi connectivity index (χ3v) is 3.26. The van der Waals surface area contributed by atoms with Crippen LogP contribution in [-0.2, 0) is 4.79 Å². The molecule has 0 aromatic heterocycles. The molecule has 2 heterocycles. The van der Waals surface area contributed by atoms with E-state index in [9.17, 15) is 4.79 Å². The maximum absolute atomic E-state index is 11.8. The maximum atomic E-state index is 11.8. The van der Waals surface area contributed by atoms with E-state index < -0.39 is 0 Å². The zero-order valence-corrected chi connectivity index (χ0v) is 8.92. The number of likely N-dealkylation sites (N-methyl/N-ethyl adjacent to an activating group) is 1. The smallest absolute Gasteiger partial charge is 0.225 e. The van der Waals surface area contributed by atoms with Gasteiger partial charge in [0.1, 0.15) is 0 Å². The number of likely N-dealkylation sites (tertiary alicyclic amines) is 1. The fourth-order valence-corrected chi connectivity index (χ4v) is 2.26. The van der Waals surface area contributed by atoms with E-state index in [4.69, 9.17) is 0 Å². The SMILES string of the molecule is CC1CNCC1C(=O)NC1CN(C)C1. The molecule has 2 N–H and O–H groups in total. The molecule has 4 nitrogen and oxygen atoms in total. The summed E-state index contributed by atoms with van der Waals surface area (Å²) in [5.74, 6) is 0.898. The Morgan fingerprint density at radius 1 is 1.43 bits per heavy atom. The Balaban J connectivity index is 1.78. The first-order valence-electron chi connectivity index (χ1n) is 5.36. The monoisotopic (exact) mass is 197 g/mol. The standard InChI is InChI=1S/C10H19N3O/c1-7-3-11-4-9(7)10(14)12-8-5-13(2)6-8/h7-9,11H,3-6H2,1-2H3,(H,12,14). The molecule has 2 unspecified atom stereocenters. The summed E-state index contributed by atoms with van der Waals surface area (Å²) >= 11 is 0. The summed E-state index contributed by atoms with van der Waals surface area (Å²) in [4.78, 5) is 14.0. The van der Waals surface area contributed by atoms with Crippen LogP contribution < -0.4 is 10.6 Å². The topological polar surface area (TPSA) is 44.4 Å². The molecule has 2 saturated heterocycles. The lowest BCUT2D eigenvalue weighted by Crippen LogP contribution is -2.58. The summed E-state index contributed by atoms with van der Waals surface area (Å²) in [6, 6.07) is 0.389. The molecule has 4 heteroatoms. The number of hydrogen-bond acceptors (Lipinski definition) is 3. The molecule has 2 aliphatic rings. The Morgan fingerprint density at radius 2 is 2.14 bits per heavy atom. The van der Waals surface area contributed by atoms with Crippen molar-refractivity contribution in [2.75, 3.05) is 33.2 Å². The van der Waals surface area contributed by atoms with E-state index in [0.29, 0.717) is 12.0 Å². The van der Waals surface area contributed by atoms with Crippen LogP contribution >= 0.6 is 0 Å². The fraction of sp³-hybridized carbons (Fsp3) is 0.900. The molecule has 0 radical (unpaired) electrons. The molecule has 1 amide bonds. The highest BCUT2D eigenvalue weighted by molar-refractivity contribution is 5.80. The van der Waals surface area contributed by atoms with Crippen molar-refractivity contribution in [3.8, 4) is 0 Å². The van der Waals surface area contributed by atoms with Gasteiger partial charge in [0.25, 0.3) is 0 Å². The number of carbonyl (C=O) groups is 1. The fourth-order valence-electron chi connectivity index (χ4n) is 2.26. The second-order valence-corrected chi connectivity index (χ2v) is 4.67. The lowest BCUT2D eigenvalue weighted by Gasteiger charge is -2.37. The van der Waals surface area contributed by atoms with Crippen LogP contribution in [0.4, 0.5) is 0 Å². The van der Waals surface area contributed by atoms with Gasteiger partial charge in [-0.1, -0.05) is 6.92 Å². The van der Waals surface area contributed by atoms with Gasteiger partial charge in [-0.3, -0.25) is 4.79 Å². The van der Waals surface area contributed by atoms with E-state index in [2.05, 4.69) is 29.5 Å². The van der Waals surface area contributed by atoms with E-state index in [1.165, 1.54) is 0 Å². The number of nitrogens with zero attached hydrogens (tertiary/aromatic N) is 1. The van der Waals surface area contributed by atoms with Gasteiger partial charge in [-0.15, -0.1) is 0 Å². The zero-order chi connectivity index (χ0) is 10.1. The van der Waals surface area contributed by atoms with E-state index in [0.717, 1.165) is 26.2 Å². The Hall–Kier alpha value is -0.610. The van der Waals surface area contributed by atoms with Crippen LogP contribution in [0.1, 0.15) is 6.92 Å². The molecule has 2 fully saturated rings. The molecule has 14 heavy (non-hydrogen) atoms. The summed E-state index contributed by atoms with van der Waals surface area (Å²) in [5.41, 5.74) is 0. The minimum absolute atomic E-state index is 0.181. The number of amides is 1. The first-order chi connectivity index (χ1) is 6.66. The molecular formula is C10H19N3O. The normalized spacial score (nSPS) is 34.1. The van der Waals surface area contributed by atoms with Crippen molar-refractivity contribution in [2.24, 2.45) is 11.8 Å². The van der Waals surface area contributed by atoms with Crippen molar-refractivity contribution >= 4 is 5.91 Å². The van der Waals surface area contributed by atoms with Crippen molar-refractivity contribution in [3.63, 3.8) is 0 Å². The lowest BCUT2D eigenvalue weighted by atomic mass is 9.96. The van der Waals surface area contributed by atoms with Gasteiger partial charge in [0.05, 0.1) is 12.0 Å². The molecule has 0 saturated carbocycles. The van der Waals surface area contributed by atoms with E-state index in [1.54, 1.807) is 0 Å². The van der Waals surface area contributed by atoms with Crippen LogP contribution in [0.15, 0.2) is 0 Å². The molecule has 2 atom stereocenters. The number of hydrogen-bond donors (Lipinski definition) is 2. The van der Waals surface area contributed by atoms with Crippen LogP contribution in [0.3, 0.4) is 0 Å². The molecule has 0 bridgehead atoms. The Kier molecular flexibility index (Phi) is 2.74. The lowest BCUT2D eigenvalue weighted by molar-refractivity contribution is -0.127. The third-order valence-electron chi connectivity index (χ3n) is 3.26. The van der Waals surface area contributed by atoms with Gasteiger partial charge in [-0.25, -0.2) is 0 Å². The van der Waals surface area contributed by atoms with Crippen molar-refractivity contribution < 1.29 is 4.79 Å². The molecule has 0 aliphatic carbocycles. The molecule has 2 rings (SSSR count). The first kappa shape index (κ1) is 9.93. The van der Waals surface area contributed by atoms with Crippen LogP contribution in [-0.4, -0.2) is 50.1 Å². The van der Waals surface area contributed by atoms with E-state index in [1.807, 2.05) is 0 Å². The molecule has 0 spiro atoms. The van der Waals surface area contributed by atoms with Crippen molar-refractivity contribution in [2.45, 2.75) is 13.0 Å². The predicted molar refractivity (Wildman–Crippen MR) is 55.0 cm³/mol. The maximum Gasteiger partial charge on any atom is 0.225 e. The minimum atomic E-state index is 0.181. The van der Waals surface area contributed by atoms with Gasteiger partial charge in [-0.05, 0) is 19.5 Å². The highest BCUT2D eigenvalue weighted by atomic mass is 16.2. The van der Waals surface area contributed by atoms with E-state index in [-0.39, 0.29) is 11.8 Å². The van der Waals surface area contributed by atoms with Crippen LogP contribution in [0, 0.1) is 11.8 Å². The Labute approximate surface area is 85.0 Å². The van der Waals surface area contributed by atoms with Crippen LogP contribution in [0.25, 0.3) is 0 Å². The second-order valence-electron chi connectivity index (χ2n) is 4.67. The average molecular weight is 197 g/mol. The summed E-state index contributed by atoms with van der Waals surface area (Å²) in [5, 5.41) is 6.35. The Morgan fingerprint density at radius 3 is 2.64 bits per heavy atom. The van der Waals surface area contributed by atoms with Crippen LogP contribution in [0.5, 0.6) is 0 Å². The largest absolute Gasteiger partial charge is 0.350 e. The predicted octanol–water partition coefficient (Wildman–Crippen LogP) is -0.728. The van der Waals surface area contributed by atoms with Gasteiger partial charge < -0.3 is 15.5 Å². The minimum Gasteiger partial charge on any atom is -0.350 e. The third kappa shape index (κ3) is 1.91. The summed E-state index contributed by atoms with van der Waals surface area (Å²) in [7, 11) is 2.07. The van der Waals surface area contributed by atoms with E-state index >= 15 is 0 Å². The molecule has 80 valence electrons. The van der Waals surface area contributed by atoms with Crippen LogP contribution in [0.2, 0.25) is 0 Å². The van der Waals surface area contributed by atoms with Gasteiger partial charge >= 0.3 is 0 Å². The van der Waals surface area contributed by atoms with Gasteiger partial charge in [0.2, 0.25) is 5.91 Å². The molecule has 2 aliphatic heterocycles.